The summed E-state index contributed by atoms with van der Waals surface area (Å²) in [4.78, 5) is 13.3. The van der Waals surface area contributed by atoms with E-state index in [-0.39, 0.29) is 18.0 Å². The van der Waals surface area contributed by atoms with Crippen LogP contribution in [0, 0.1) is 6.92 Å². The van der Waals surface area contributed by atoms with Gasteiger partial charge >= 0.3 is 0 Å². The largest absolute Gasteiger partial charge is 0.494 e. The van der Waals surface area contributed by atoms with Gasteiger partial charge in [0.2, 0.25) is 15.9 Å². The highest BCUT2D eigenvalue weighted by Gasteiger charge is 2.28. The maximum atomic E-state index is 13.7. The molecule has 0 heterocycles. The highest BCUT2D eigenvalue weighted by molar-refractivity contribution is 7.89. The lowest BCUT2D eigenvalue weighted by molar-refractivity contribution is -0.116. The highest BCUT2D eigenvalue weighted by Crippen LogP contribution is 2.30. The van der Waals surface area contributed by atoms with E-state index in [2.05, 4.69) is 5.32 Å². The molecule has 0 bridgehead atoms. The molecule has 1 N–H and O–H groups in total. The fourth-order valence-electron chi connectivity index (χ4n) is 3.89. The van der Waals surface area contributed by atoms with Crippen LogP contribution < -0.4 is 14.8 Å². The standard InChI is InChI=1S/C30H30N2O5S/c1-3-36-28-19-18-26(20-23(28)2)38(34,35)32(21-24-12-6-4-7-13-24)22-30(33)31-27-16-10-11-17-29(27)37-25-14-8-5-9-15-25/h4-20H,3,21-22H2,1-2H3,(H,31,33). The zero-order chi connectivity index (χ0) is 27.0. The van der Waals surface area contributed by atoms with Crippen LogP contribution in [0.4, 0.5) is 5.69 Å². The Kier molecular flexibility index (Phi) is 8.78. The minimum absolute atomic E-state index is 0.0328. The number of hydrogen-bond donors (Lipinski definition) is 1. The minimum atomic E-state index is -4.01. The molecule has 1 amide bonds. The van der Waals surface area contributed by atoms with E-state index in [1.165, 1.54) is 10.4 Å². The Morgan fingerprint density at radius 1 is 0.842 bits per heavy atom. The van der Waals surface area contributed by atoms with Crippen LogP contribution in [0.3, 0.4) is 0 Å². The number of amides is 1. The van der Waals surface area contributed by atoms with Gasteiger partial charge in [-0.05, 0) is 67.4 Å². The van der Waals surface area contributed by atoms with Crippen molar-refractivity contribution in [3.63, 3.8) is 0 Å². The summed E-state index contributed by atoms with van der Waals surface area (Å²) < 4.78 is 40.1. The molecule has 0 aliphatic rings. The number of nitrogens with one attached hydrogen (secondary N) is 1. The number of anilines is 1. The topological polar surface area (TPSA) is 84.9 Å². The van der Waals surface area contributed by atoms with Crippen molar-refractivity contribution in [3.05, 3.63) is 114 Å². The van der Waals surface area contributed by atoms with Gasteiger partial charge < -0.3 is 14.8 Å². The molecule has 4 aromatic rings. The summed E-state index contributed by atoms with van der Waals surface area (Å²) in [6.07, 6.45) is 0. The number of benzene rings is 4. The molecular formula is C30H30N2O5S. The van der Waals surface area contributed by atoms with Crippen molar-refractivity contribution in [2.45, 2.75) is 25.3 Å². The SMILES string of the molecule is CCOc1ccc(S(=O)(=O)N(CC(=O)Nc2ccccc2Oc2ccccc2)Cc2ccccc2)cc1C. The van der Waals surface area contributed by atoms with Crippen molar-refractivity contribution in [2.75, 3.05) is 18.5 Å². The number of para-hydroxylation sites is 3. The molecule has 0 radical (unpaired) electrons. The Bertz CT molecular complexity index is 1480. The van der Waals surface area contributed by atoms with Crippen LogP contribution in [0.5, 0.6) is 17.2 Å². The number of sulfonamides is 1. The predicted octanol–water partition coefficient (Wildman–Crippen LogP) is 6.02. The van der Waals surface area contributed by atoms with Crippen LogP contribution in [0.15, 0.2) is 108 Å². The first-order valence-corrected chi connectivity index (χ1v) is 13.7. The normalized spacial score (nSPS) is 11.2. The lowest BCUT2D eigenvalue weighted by Gasteiger charge is -2.23. The second-order valence-corrected chi connectivity index (χ2v) is 10.5. The predicted molar refractivity (Wildman–Crippen MR) is 148 cm³/mol. The molecule has 8 heteroatoms. The van der Waals surface area contributed by atoms with E-state index in [9.17, 15) is 13.2 Å². The summed E-state index contributed by atoms with van der Waals surface area (Å²) in [5.41, 5.74) is 1.90. The average Bonchev–Trinajstić information content (AvgIpc) is 2.92. The van der Waals surface area contributed by atoms with Crippen molar-refractivity contribution in [2.24, 2.45) is 0 Å². The third-order valence-corrected chi connectivity index (χ3v) is 7.53. The molecule has 0 unspecified atom stereocenters. The third kappa shape index (κ3) is 6.79. The first-order chi connectivity index (χ1) is 18.4. The first kappa shape index (κ1) is 26.9. The summed E-state index contributed by atoms with van der Waals surface area (Å²) in [5, 5.41) is 2.82. The van der Waals surface area contributed by atoms with E-state index >= 15 is 0 Å². The number of carbonyl (C=O) groups excluding carboxylic acids is 1. The molecule has 0 saturated carbocycles. The summed E-state index contributed by atoms with van der Waals surface area (Å²) in [6.45, 7) is 3.78. The highest BCUT2D eigenvalue weighted by atomic mass is 32.2. The van der Waals surface area contributed by atoms with Crippen molar-refractivity contribution in [3.8, 4) is 17.2 Å². The summed E-state index contributed by atoms with van der Waals surface area (Å²) >= 11 is 0. The molecule has 0 fully saturated rings. The van der Waals surface area contributed by atoms with Gasteiger partial charge in [-0.3, -0.25) is 4.79 Å². The Labute approximate surface area is 223 Å². The molecule has 0 aromatic heterocycles. The van der Waals surface area contributed by atoms with Gasteiger partial charge in [-0.1, -0.05) is 60.7 Å². The van der Waals surface area contributed by atoms with Crippen molar-refractivity contribution in [1.29, 1.82) is 0 Å². The zero-order valence-corrected chi connectivity index (χ0v) is 22.1. The second-order valence-electron chi connectivity index (χ2n) is 8.58. The lowest BCUT2D eigenvalue weighted by Crippen LogP contribution is -2.37. The van der Waals surface area contributed by atoms with Crippen LogP contribution in [0.25, 0.3) is 0 Å². The number of aryl methyl sites for hydroxylation is 1. The van der Waals surface area contributed by atoms with Gasteiger partial charge in [-0.25, -0.2) is 8.42 Å². The fourth-order valence-corrected chi connectivity index (χ4v) is 5.36. The van der Waals surface area contributed by atoms with E-state index in [0.29, 0.717) is 35.1 Å². The maximum Gasteiger partial charge on any atom is 0.243 e. The van der Waals surface area contributed by atoms with Crippen LogP contribution in [-0.2, 0) is 21.4 Å². The van der Waals surface area contributed by atoms with Gasteiger partial charge in [0.1, 0.15) is 11.5 Å². The number of ether oxygens (including phenoxy) is 2. The molecule has 0 spiro atoms. The van der Waals surface area contributed by atoms with Gasteiger partial charge in [0.15, 0.2) is 5.75 Å². The summed E-state index contributed by atoms with van der Waals surface area (Å²) in [6, 6.07) is 30.1. The van der Waals surface area contributed by atoms with Crippen LogP contribution in [0.2, 0.25) is 0 Å². The van der Waals surface area contributed by atoms with Crippen molar-refractivity contribution in [1.82, 2.24) is 4.31 Å². The first-order valence-electron chi connectivity index (χ1n) is 12.3. The van der Waals surface area contributed by atoms with Gasteiger partial charge in [0.05, 0.1) is 23.7 Å². The molecule has 4 rings (SSSR count). The molecule has 38 heavy (non-hydrogen) atoms. The average molecular weight is 531 g/mol. The molecule has 7 nitrogen and oxygen atoms in total. The third-order valence-electron chi connectivity index (χ3n) is 5.74. The van der Waals surface area contributed by atoms with Gasteiger partial charge in [-0.2, -0.15) is 4.31 Å². The number of carbonyl (C=O) groups is 1. The Morgan fingerprint density at radius 3 is 2.18 bits per heavy atom. The van der Waals surface area contributed by atoms with Crippen LogP contribution in [0.1, 0.15) is 18.1 Å². The molecule has 4 aromatic carbocycles. The number of hydrogen-bond acceptors (Lipinski definition) is 5. The second kappa shape index (κ2) is 12.4. The van der Waals surface area contributed by atoms with Crippen molar-refractivity contribution >= 4 is 21.6 Å². The smallest absolute Gasteiger partial charge is 0.243 e. The van der Waals surface area contributed by atoms with E-state index in [1.807, 2.05) is 67.6 Å². The van der Waals surface area contributed by atoms with Gasteiger partial charge in [0.25, 0.3) is 0 Å². The lowest BCUT2D eigenvalue weighted by atomic mass is 10.2. The quantitative estimate of drug-likeness (QED) is 0.257. The zero-order valence-electron chi connectivity index (χ0n) is 21.3. The molecule has 0 aliphatic carbocycles. The molecule has 196 valence electrons. The maximum absolute atomic E-state index is 13.7. The van der Waals surface area contributed by atoms with Crippen molar-refractivity contribution < 1.29 is 22.7 Å². The molecule has 0 aliphatic heterocycles. The Morgan fingerprint density at radius 2 is 1.50 bits per heavy atom. The summed E-state index contributed by atoms with van der Waals surface area (Å²) in [7, 11) is -4.01. The van der Waals surface area contributed by atoms with E-state index in [4.69, 9.17) is 9.47 Å². The molecule has 0 atom stereocenters. The Balaban J connectivity index is 1.59. The van der Waals surface area contributed by atoms with Crippen LogP contribution >= 0.6 is 0 Å². The Hall–Kier alpha value is -4.14. The minimum Gasteiger partial charge on any atom is -0.494 e. The van der Waals surface area contributed by atoms with E-state index in [0.717, 1.165) is 5.56 Å². The van der Waals surface area contributed by atoms with E-state index < -0.39 is 15.9 Å². The van der Waals surface area contributed by atoms with Crippen LogP contribution in [-0.4, -0.2) is 31.8 Å². The molecule has 0 saturated heterocycles. The number of rotatable bonds is 11. The summed E-state index contributed by atoms with van der Waals surface area (Å²) in [5.74, 6) is 1.20. The number of nitrogens with zero attached hydrogens (tertiary/aromatic N) is 1. The van der Waals surface area contributed by atoms with Gasteiger partial charge in [-0.15, -0.1) is 0 Å². The fraction of sp³-hybridized carbons (Fsp3) is 0.167. The van der Waals surface area contributed by atoms with E-state index in [1.54, 1.807) is 43.3 Å². The molecular weight excluding hydrogens is 500 g/mol. The van der Waals surface area contributed by atoms with Gasteiger partial charge in [0, 0.05) is 6.54 Å². The monoisotopic (exact) mass is 530 g/mol.